The topological polar surface area (TPSA) is 21.3 Å². The molecule has 0 saturated heterocycles. The van der Waals surface area contributed by atoms with Gasteiger partial charge >= 0.3 is 0 Å². The minimum atomic E-state index is -0.250. The van der Waals surface area contributed by atoms with E-state index in [1.54, 1.807) is 6.07 Å². The van der Waals surface area contributed by atoms with Crippen molar-refractivity contribution in [2.45, 2.75) is 32.7 Å². The van der Waals surface area contributed by atoms with Gasteiger partial charge in [0.15, 0.2) is 11.6 Å². The van der Waals surface area contributed by atoms with Crippen LogP contribution in [0.3, 0.4) is 0 Å². The lowest BCUT2D eigenvalue weighted by Crippen LogP contribution is -2.22. The van der Waals surface area contributed by atoms with Crippen LogP contribution in [0, 0.1) is 5.82 Å². The van der Waals surface area contributed by atoms with Crippen molar-refractivity contribution in [3.8, 4) is 5.75 Å². The van der Waals surface area contributed by atoms with Crippen LogP contribution in [0.1, 0.15) is 38.3 Å². The van der Waals surface area contributed by atoms with Gasteiger partial charge in [-0.25, -0.2) is 4.39 Å². The minimum Gasteiger partial charge on any atom is -0.494 e. The first kappa shape index (κ1) is 13.0. The number of rotatable bonds is 6. The first-order chi connectivity index (χ1) is 7.74. The summed E-state index contributed by atoms with van der Waals surface area (Å²) < 4.78 is 19.0. The van der Waals surface area contributed by atoms with Gasteiger partial charge < -0.3 is 10.1 Å². The smallest absolute Gasteiger partial charge is 0.169 e. The number of methoxy groups -OCH3 is 1. The van der Waals surface area contributed by atoms with Crippen molar-refractivity contribution in [3.63, 3.8) is 0 Å². The Kier molecular flexibility index (Phi) is 5.26. The highest BCUT2D eigenvalue weighted by molar-refractivity contribution is 5.33. The van der Waals surface area contributed by atoms with Crippen molar-refractivity contribution >= 4 is 0 Å². The Bertz CT molecular complexity index is 328. The Labute approximate surface area is 96.8 Å². The fourth-order valence-corrected chi connectivity index (χ4v) is 1.75. The zero-order valence-corrected chi connectivity index (χ0v) is 10.2. The van der Waals surface area contributed by atoms with E-state index >= 15 is 0 Å². The lowest BCUT2D eigenvalue weighted by atomic mass is 10.0. The second-order valence-corrected chi connectivity index (χ2v) is 3.78. The van der Waals surface area contributed by atoms with Gasteiger partial charge in [0.1, 0.15) is 0 Å². The number of halogens is 1. The zero-order chi connectivity index (χ0) is 12.0. The van der Waals surface area contributed by atoms with E-state index in [9.17, 15) is 4.39 Å². The Morgan fingerprint density at radius 3 is 2.69 bits per heavy atom. The summed E-state index contributed by atoms with van der Waals surface area (Å²) in [5.41, 5.74) is 0.690. The molecule has 0 aliphatic rings. The Hall–Kier alpha value is -1.09. The molecule has 0 radical (unpaired) electrons. The second kappa shape index (κ2) is 6.48. The van der Waals surface area contributed by atoms with E-state index in [0.717, 1.165) is 19.4 Å². The molecule has 1 aromatic carbocycles. The molecule has 1 N–H and O–H groups in total. The van der Waals surface area contributed by atoms with Gasteiger partial charge in [-0.15, -0.1) is 0 Å². The summed E-state index contributed by atoms with van der Waals surface area (Å²) in [6, 6.07) is 5.35. The van der Waals surface area contributed by atoms with Crippen molar-refractivity contribution in [3.05, 3.63) is 29.6 Å². The standard InChI is InChI=1S/C13H20FNO/c1-4-9-15-11(5-2)10-7-6-8-12(16-3)13(10)14/h6-8,11,15H,4-5,9H2,1-3H3. The molecule has 1 aromatic rings. The van der Waals surface area contributed by atoms with Gasteiger partial charge in [-0.05, 0) is 25.5 Å². The van der Waals surface area contributed by atoms with E-state index in [2.05, 4.69) is 12.2 Å². The van der Waals surface area contributed by atoms with Crippen molar-refractivity contribution in [1.82, 2.24) is 5.32 Å². The number of benzene rings is 1. The molecule has 2 nitrogen and oxygen atoms in total. The Morgan fingerprint density at radius 2 is 2.12 bits per heavy atom. The molecule has 90 valence electrons. The summed E-state index contributed by atoms with van der Waals surface area (Å²) in [6.07, 6.45) is 1.91. The third-order valence-corrected chi connectivity index (χ3v) is 2.64. The van der Waals surface area contributed by atoms with Crippen molar-refractivity contribution in [2.75, 3.05) is 13.7 Å². The highest BCUT2D eigenvalue weighted by atomic mass is 19.1. The molecular weight excluding hydrogens is 205 g/mol. The molecule has 0 heterocycles. The molecule has 3 heteroatoms. The van der Waals surface area contributed by atoms with Crippen LogP contribution in [0.25, 0.3) is 0 Å². The normalized spacial score (nSPS) is 12.5. The number of hydrogen-bond acceptors (Lipinski definition) is 2. The van der Waals surface area contributed by atoms with Crippen LogP contribution in [0.5, 0.6) is 5.75 Å². The van der Waals surface area contributed by atoms with Crippen LogP contribution in [-0.2, 0) is 0 Å². The predicted octanol–water partition coefficient (Wildman–Crippen LogP) is 3.29. The third-order valence-electron chi connectivity index (χ3n) is 2.64. The van der Waals surface area contributed by atoms with Crippen LogP contribution in [0.2, 0.25) is 0 Å². The third kappa shape index (κ3) is 2.95. The van der Waals surface area contributed by atoms with Gasteiger partial charge in [0, 0.05) is 11.6 Å². The molecule has 1 rings (SSSR count). The van der Waals surface area contributed by atoms with E-state index in [0.29, 0.717) is 11.3 Å². The lowest BCUT2D eigenvalue weighted by molar-refractivity contribution is 0.378. The first-order valence-corrected chi connectivity index (χ1v) is 5.80. The van der Waals surface area contributed by atoms with Crippen molar-refractivity contribution < 1.29 is 9.13 Å². The number of nitrogens with one attached hydrogen (secondary N) is 1. The SMILES string of the molecule is CCCNC(CC)c1cccc(OC)c1F. The van der Waals surface area contributed by atoms with Gasteiger partial charge in [-0.3, -0.25) is 0 Å². The van der Waals surface area contributed by atoms with Crippen molar-refractivity contribution in [2.24, 2.45) is 0 Å². The van der Waals surface area contributed by atoms with Crippen LogP contribution < -0.4 is 10.1 Å². The average Bonchev–Trinajstić information content (AvgIpc) is 2.32. The Morgan fingerprint density at radius 1 is 1.38 bits per heavy atom. The van der Waals surface area contributed by atoms with E-state index in [1.807, 2.05) is 19.1 Å². The maximum atomic E-state index is 14.0. The molecule has 16 heavy (non-hydrogen) atoms. The largest absolute Gasteiger partial charge is 0.494 e. The quantitative estimate of drug-likeness (QED) is 0.802. The molecule has 1 atom stereocenters. The highest BCUT2D eigenvalue weighted by Crippen LogP contribution is 2.26. The van der Waals surface area contributed by atoms with E-state index in [4.69, 9.17) is 4.74 Å². The molecule has 0 fully saturated rings. The maximum absolute atomic E-state index is 14.0. The molecular formula is C13H20FNO. The van der Waals surface area contributed by atoms with Crippen molar-refractivity contribution in [1.29, 1.82) is 0 Å². The summed E-state index contributed by atoms with van der Waals surface area (Å²) in [4.78, 5) is 0. The van der Waals surface area contributed by atoms with Crippen LogP contribution >= 0.6 is 0 Å². The second-order valence-electron chi connectivity index (χ2n) is 3.78. The zero-order valence-electron chi connectivity index (χ0n) is 10.2. The molecule has 0 saturated carbocycles. The van der Waals surface area contributed by atoms with E-state index in [-0.39, 0.29) is 11.9 Å². The van der Waals surface area contributed by atoms with E-state index < -0.39 is 0 Å². The van der Waals surface area contributed by atoms with Gasteiger partial charge in [0.05, 0.1) is 7.11 Å². The summed E-state index contributed by atoms with van der Waals surface area (Å²) in [7, 11) is 1.49. The van der Waals surface area contributed by atoms with Crippen LogP contribution in [-0.4, -0.2) is 13.7 Å². The summed E-state index contributed by atoms with van der Waals surface area (Å²) in [6.45, 7) is 5.04. The lowest BCUT2D eigenvalue weighted by Gasteiger charge is -2.18. The molecule has 0 spiro atoms. The number of ether oxygens (including phenoxy) is 1. The molecule has 0 aliphatic heterocycles. The predicted molar refractivity (Wildman–Crippen MR) is 64.3 cm³/mol. The highest BCUT2D eigenvalue weighted by Gasteiger charge is 2.15. The molecule has 0 aliphatic carbocycles. The fourth-order valence-electron chi connectivity index (χ4n) is 1.75. The van der Waals surface area contributed by atoms with Gasteiger partial charge in [-0.1, -0.05) is 26.0 Å². The average molecular weight is 225 g/mol. The summed E-state index contributed by atoms with van der Waals surface area (Å²) >= 11 is 0. The molecule has 0 bridgehead atoms. The van der Waals surface area contributed by atoms with Crippen LogP contribution in [0.4, 0.5) is 4.39 Å². The molecule has 0 amide bonds. The van der Waals surface area contributed by atoms with Crippen LogP contribution in [0.15, 0.2) is 18.2 Å². The summed E-state index contributed by atoms with van der Waals surface area (Å²) in [5, 5.41) is 3.33. The van der Waals surface area contributed by atoms with Gasteiger partial charge in [0.25, 0.3) is 0 Å². The minimum absolute atomic E-state index is 0.0649. The van der Waals surface area contributed by atoms with Gasteiger partial charge in [-0.2, -0.15) is 0 Å². The molecule has 1 unspecified atom stereocenters. The number of hydrogen-bond donors (Lipinski definition) is 1. The monoisotopic (exact) mass is 225 g/mol. The Balaban J connectivity index is 2.91. The van der Waals surface area contributed by atoms with Gasteiger partial charge in [0.2, 0.25) is 0 Å². The molecule has 0 aromatic heterocycles. The summed E-state index contributed by atoms with van der Waals surface area (Å²) in [5.74, 6) is 0.0645. The maximum Gasteiger partial charge on any atom is 0.169 e. The fraction of sp³-hybridized carbons (Fsp3) is 0.538. The first-order valence-electron chi connectivity index (χ1n) is 5.80. The van der Waals surface area contributed by atoms with E-state index in [1.165, 1.54) is 7.11 Å².